The smallest absolute Gasteiger partial charge is 0.153 e. The van der Waals surface area contributed by atoms with Crippen LogP contribution in [-0.4, -0.2) is 23.5 Å². The Bertz CT molecular complexity index is 816. The van der Waals surface area contributed by atoms with Gasteiger partial charge in [0.2, 0.25) is 0 Å². The lowest BCUT2D eigenvalue weighted by molar-refractivity contribution is 0.0261. The van der Waals surface area contributed by atoms with Gasteiger partial charge in [-0.25, -0.2) is 9.37 Å². The standard InChI is InChI=1S/C18H16Cl2FNO2/c1-2-3-18(21)7-11(8-18)10-24-16-6-15-12(5-14(16)19)4-13(9-23)17(20)22-15/h2-6,9,11H,7-8,10H2,1H3/b3-2+. The van der Waals surface area contributed by atoms with Gasteiger partial charge in [-0.1, -0.05) is 35.4 Å². The first kappa shape index (κ1) is 17.2. The highest BCUT2D eigenvalue weighted by Gasteiger charge is 2.42. The van der Waals surface area contributed by atoms with Gasteiger partial charge in [0.25, 0.3) is 0 Å². The minimum absolute atomic E-state index is 0.137. The summed E-state index contributed by atoms with van der Waals surface area (Å²) in [6.45, 7) is 2.21. The molecule has 0 unspecified atom stereocenters. The van der Waals surface area contributed by atoms with E-state index in [-0.39, 0.29) is 11.1 Å². The van der Waals surface area contributed by atoms with Gasteiger partial charge in [0.05, 0.1) is 22.7 Å². The summed E-state index contributed by atoms with van der Waals surface area (Å²) in [5, 5.41) is 1.26. The summed E-state index contributed by atoms with van der Waals surface area (Å²) in [6.07, 6.45) is 4.89. The molecule has 1 aromatic carbocycles. The number of aldehydes is 1. The highest BCUT2D eigenvalue weighted by Crippen LogP contribution is 2.43. The SMILES string of the molecule is C/C=C/C1(F)CC(COc2cc3nc(Cl)c(C=O)cc3cc2Cl)C1. The van der Waals surface area contributed by atoms with Gasteiger partial charge in [0.1, 0.15) is 16.6 Å². The fourth-order valence-corrected chi connectivity index (χ4v) is 3.44. The molecule has 0 aliphatic heterocycles. The molecule has 1 aliphatic carbocycles. The van der Waals surface area contributed by atoms with Crippen LogP contribution >= 0.6 is 23.2 Å². The third-order valence-corrected chi connectivity index (χ3v) is 4.77. The number of fused-ring (bicyclic) bond motifs is 1. The van der Waals surface area contributed by atoms with Gasteiger partial charge in [0.15, 0.2) is 6.29 Å². The average Bonchev–Trinajstić information content (AvgIpc) is 2.51. The molecule has 24 heavy (non-hydrogen) atoms. The fourth-order valence-electron chi connectivity index (χ4n) is 3.02. The van der Waals surface area contributed by atoms with Crippen LogP contribution in [0.4, 0.5) is 4.39 Å². The number of hydrogen-bond acceptors (Lipinski definition) is 3. The Kier molecular flexibility index (Phi) is 4.79. The molecule has 6 heteroatoms. The van der Waals surface area contributed by atoms with E-state index in [4.69, 9.17) is 27.9 Å². The van der Waals surface area contributed by atoms with Gasteiger partial charge in [-0.2, -0.15) is 0 Å². The van der Waals surface area contributed by atoms with E-state index in [9.17, 15) is 9.18 Å². The van der Waals surface area contributed by atoms with E-state index in [0.29, 0.717) is 53.0 Å². The molecule has 0 bridgehead atoms. The van der Waals surface area contributed by atoms with Crippen molar-refractivity contribution in [3.63, 3.8) is 0 Å². The van der Waals surface area contributed by atoms with Crippen LogP contribution in [0.3, 0.4) is 0 Å². The van der Waals surface area contributed by atoms with E-state index in [2.05, 4.69) is 4.98 Å². The second-order valence-corrected chi connectivity index (χ2v) is 6.85. The number of alkyl halides is 1. The first-order valence-electron chi connectivity index (χ1n) is 7.64. The Morgan fingerprint density at radius 3 is 2.79 bits per heavy atom. The average molecular weight is 368 g/mol. The van der Waals surface area contributed by atoms with Crippen LogP contribution in [0.5, 0.6) is 5.75 Å². The van der Waals surface area contributed by atoms with Crippen LogP contribution in [0, 0.1) is 5.92 Å². The number of nitrogens with zero attached hydrogens (tertiary/aromatic N) is 1. The van der Waals surface area contributed by atoms with E-state index >= 15 is 0 Å². The zero-order chi connectivity index (χ0) is 17.3. The normalized spacial score (nSPS) is 23.4. The zero-order valence-electron chi connectivity index (χ0n) is 13.1. The molecular formula is C18H16Cl2FNO2. The van der Waals surface area contributed by atoms with Crippen molar-refractivity contribution in [2.75, 3.05) is 6.61 Å². The van der Waals surface area contributed by atoms with Crippen LogP contribution in [0.1, 0.15) is 30.1 Å². The van der Waals surface area contributed by atoms with E-state index in [1.165, 1.54) is 0 Å². The Balaban J connectivity index is 1.74. The van der Waals surface area contributed by atoms with Crippen molar-refractivity contribution in [2.45, 2.75) is 25.4 Å². The maximum absolute atomic E-state index is 14.1. The quantitative estimate of drug-likeness (QED) is 0.402. The van der Waals surface area contributed by atoms with E-state index < -0.39 is 5.67 Å². The number of hydrogen-bond donors (Lipinski definition) is 0. The van der Waals surface area contributed by atoms with Crippen LogP contribution in [0.2, 0.25) is 10.2 Å². The van der Waals surface area contributed by atoms with Crippen molar-refractivity contribution in [3.05, 3.63) is 46.1 Å². The zero-order valence-corrected chi connectivity index (χ0v) is 14.6. The maximum Gasteiger partial charge on any atom is 0.153 e. The predicted octanol–water partition coefficient (Wildman–Crippen LogP) is 5.43. The molecule has 0 amide bonds. The van der Waals surface area contributed by atoms with Gasteiger partial charge in [-0.15, -0.1) is 0 Å². The summed E-state index contributed by atoms with van der Waals surface area (Å²) in [7, 11) is 0. The van der Waals surface area contributed by atoms with Crippen LogP contribution in [-0.2, 0) is 0 Å². The number of carbonyl (C=O) groups excluding carboxylic acids is 1. The molecule has 0 spiro atoms. The molecule has 1 aromatic heterocycles. The Hall–Kier alpha value is -1.65. The fraction of sp³-hybridized carbons (Fsp3) is 0.333. The molecular weight excluding hydrogens is 352 g/mol. The van der Waals surface area contributed by atoms with Gasteiger partial charge >= 0.3 is 0 Å². The molecule has 0 atom stereocenters. The lowest BCUT2D eigenvalue weighted by Crippen LogP contribution is -2.40. The summed E-state index contributed by atoms with van der Waals surface area (Å²) < 4.78 is 19.8. The van der Waals surface area contributed by atoms with Crippen LogP contribution in [0.25, 0.3) is 10.9 Å². The van der Waals surface area contributed by atoms with Crippen molar-refractivity contribution in [3.8, 4) is 5.75 Å². The number of benzene rings is 1. The molecule has 0 radical (unpaired) electrons. The van der Waals surface area contributed by atoms with Gasteiger partial charge in [-0.05, 0) is 37.8 Å². The summed E-state index contributed by atoms with van der Waals surface area (Å²) in [5.41, 5.74) is -0.296. The number of halogens is 3. The van der Waals surface area contributed by atoms with E-state index in [1.807, 2.05) is 6.92 Å². The Morgan fingerprint density at radius 1 is 1.38 bits per heavy atom. The maximum atomic E-state index is 14.1. The number of ether oxygens (including phenoxy) is 1. The van der Waals surface area contributed by atoms with E-state index in [0.717, 1.165) is 0 Å². The van der Waals surface area contributed by atoms with Crippen LogP contribution < -0.4 is 4.74 Å². The topological polar surface area (TPSA) is 39.2 Å². The summed E-state index contributed by atoms with van der Waals surface area (Å²) in [4.78, 5) is 15.1. The Labute approximate surface area is 149 Å². The van der Waals surface area contributed by atoms with Crippen molar-refractivity contribution < 1.29 is 13.9 Å². The minimum atomic E-state index is -1.20. The minimum Gasteiger partial charge on any atom is -0.492 e. The van der Waals surface area contributed by atoms with Gasteiger partial charge < -0.3 is 4.74 Å². The van der Waals surface area contributed by atoms with Crippen molar-refractivity contribution in [1.82, 2.24) is 4.98 Å². The summed E-state index contributed by atoms with van der Waals surface area (Å²) in [5.74, 6) is 0.640. The van der Waals surface area contributed by atoms with Crippen molar-refractivity contribution in [2.24, 2.45) is 5.92 Å². The Morgan fingerprint density at radius 2 is 2.12 bits per heavy atom. The highest BCUT2D eigenvalue weighted by molar-refractivity contribution is 6.33. The first-order chi connectivity index (χ1) is 11.4. The van der Waals surface area contributed by atoms with E-state index in [1.54, 1.807) is 30.4 Å². The van der Waals surface area contributed by atoms with Crippen molar-refractivity contribution >= 4 is 40.4 Å². The molecule has 3 rings (SSSR count). The second-order valence-electron chi connectivity index (χ2n) is 6.08. The van der Waals surface area contributed by atoms with Gasteiger partial charge in [-0.3, -0.25) is 4.79 Å². The molecule has 0 saturated heterocycles. The molecule has 0 N–H and O–H groups in total. The number of allylic oxidation sites excluding steroid dienone is 2. The summed E-state index contributed by atoms with van der Waals surface area (Å²) in [6, 6.07) is 5.00. The highest BCUT2D eigenvalue weighted by atomic mass is 35.5. The molecule has 1 aliphatic rings. The lowest BCUT2D eigenvalue weighted by Gasteiger charge is -2.39. The molecule has 3 nitrogen and oxygen atoms in total. The molecule has 1 saturated carbocycles. The number of carbonyl (C=O) groups is 1. The van der Waals surface area contributed by atoms with Crippen LogP contribution in [0.15, 0.2) is 30.4 Å². The van der Waals surface area contributed by atoms with Crippen molar-refractivity contribution in [1.29, 1.82) is 0 Å². The van der Waals surface area contributed by atoms with Gasteiger partial charge in [0, 0.05) is 11.5 Å². The number of rotatable bonds is 5. The largest absolute Gasteiger partial charge is 0.492 e. The molecule has 1 fully saturated rings. The third-order valence-electron chi connectivity index (χ3n) is 4.17. The third kappa shape index (κ3) is 3.40. The molecule has 2 aromatic rings. The lowest BCUT2D eigenvalue weighted by atomic mass is 9.72. The molecule has 1 heterocycles. The monoisotopic (exact) mass is 367 g/mol. The first-order valence-corrected chi connectivity index (χ1v) is 8.40. The molecule has 126 valence electrons. The number of aromatic nitrogens is 1. The number of pyridine rings is 1. The predicted molar refractivity (Wildman–Crippen MR) is 94.0 cm³/mol. The second kappa shape index (κ2) is 6.69. The summed E-state index contributed by atoms with van der Waals surface area (Å²) >= 11 is 12.2.